The number of carbonyl (C=O) groups is 1. The number of anilines is 1. The Morgan fingerprint density at radius 3 is 2.81 bits per heavy atom. The van der Waals surface area contributed by atoms with Crippen LogP contribution in [0.3, 0.4) is 0 Å². The molecule has 11 heteroatoms. The van der Waals surface area contributed by atoms with Crippen LogP contribution in [0.25, 0.3) is 22.6 Å². The lowest BCUT2D eigenvalue weighted by Gasteiger charge is -2.19. The molecule has 3 N–H and O–H groups in total. The van der Waals surface area contributed by atoms with Gasteiger partial charge in [0, 0.05) is 36.8 Å². The van der Waals surface area contributed by atoms with Crippen molar-refractivity contribution in [3.8, 4) is 28.4 Å². The number of benzene rings is 1. The van der Waals surface area contributed by atoms with E-state index in [0.29, 0.717) is 42.8 Å². The van der Waals surface area contributed by atoms with Crippen LogP contribution in [0.5, 0.6) is 5.75 Å². The predicted octanol–water partition coefficient (Wildman–Crippen LogP) is 2.94. The number of nitrogens with one attached hydrogen (secondary N) is 2. The second kappa shape index (κ2) is 11.6. The van der Waals surface area contributed by atoms with Crippen LogP contribution in [0.4, 0.5) is 10.6 Å². The maximum absolute atomic E-state index is 12.0. The van der Waals surface area contributed by atoms with Crippen molar-refractivity contribution in [2.24, 2.45) is 0 Å². The predicted molar refractivity (Wildman–Crippen MR) is 139 cm³/mol. The summed E-state index contributed by atoms with van der Waals surface area (Å²) in [5, 5.41) is 20.5. The van der Waals surface area contributed by atoms with E-state index in [-0.39, 0.29) is 18.7 Å². The molecule has 0 radical (unpaired) electrons. The van der Waals surface area contributed by atoms with E-state index in [4.69, 9.17) is 24.0 Å². The van der Waals surface area contributed by atoms with Gasteiger partial charge in [-0.25, -0.2) is 14.8 Å². The van der Waals surface area contributed by atoms with Gasteiger partial charge in [0.1, 0.15) is 30.0 Å². The van der Waals surface area contributed by atoms with E-state index in [2.05, 4.69) is 15.8 Å². The molecule has 1 fully saturated rings. The number of aromatic nitrogens is 3. The van der Waals surface area contributed by atoms with Gasteiger partial charge in [0.15, 0.2) is 5.82 Å². The molecule has 3 aromatic rings. The summed E-state index contributed by atoms with van der Waals surface area (Å²) in [5.41, 5.74) is 3.91. The standard InChI is InChI=1S/C26H34N6O5/c1-15-23(22-16(2)31-37-17(22)3)29-25(18-7-6-8-21(11-18)36-14-20(33)12-27-4)30-24(15)28-19-9-10-32(13-19)26(34)35-5/h6-8,11,19-20,27,33H,9-10,12-14H2,1-5H3,(H,28,29,30). The summed E-state index contributed by atoms with van der Waals surface area (Å²) in [5.74, 6) is 2.46. The summed E-state index contributed by atoms with van der Waals surface area (Å²) in [6, 6.07) is 7.48. The normalized spacial score (nSPS) is 16.1. The summed E-state index contributed by atoms with van der Waals surface area (Å²) in [6.45, 7) is 7.43. The molecule has 1 amide bonds. The summed E-state index contributed by atoms with van der Waals surface area (Å²) in [4.78, 5) is 23.4. The molecular weight excluding hydrogens is 476 g/mol. The average molecular weight is 511 g/mol. The minimum absolute atomic E-state index is 0.0152. The molecule has 0 spiro atoms. The first-order chi connectivity index (χ1) is 17.8. The number of aliphatic hydroxyl groups excluding tert-OH is 1. The van der Waals surface area contributed by atoms with E-state index in [9.17, 15) is 9.90 Å². The van der Waals surface area contributed by atoms with Gasteiger partial charge in [0.2, 0.25) is 0 Å². The number of amides is 1. The number of ether oxygens (including phenoxy) is 2. The SMILES string of the molecule is CNCC(O)COc1cccc(-c2nc(NC3CCN(C(=O)OC)C3)c(C)c(-c3c(C)noc3C)n2)c1. The van der Waals surface area contributed by atoms with Gasteiger partial charge in [-0.05, 0) is 46.4 Å². The Morgan fingerprint density at radius 2 is 2.11 bits per heavy atom. The van der Waals surface area contributed by atoms with Gasteiger partial charge in [0.05, 0.1) is 24.1 Å². The molecule has 198 valence electrons. The molecule has 1 aromatic carbocycles. The van der Waals surface area contributed by atoms with Crippen LogP contribution in [0.15, 0.2) is 28.8 Å². The monoisotopic (exact) mass is 510 g/mol. The van der Waals surface area contributed by atoms with Gasteiger partial charge in [-0.3, -0.25) is 0 Å². The van der Waals surface area contributed by atoms with Crippen molar-refractivity contribution in [2.75, 3.05) is 45.7 Å². The lowest BCUT2D eigenvalue weighted by atomic mass is 10.0. The average Bonchev–Trinajstić information content (AvgIpc) is 3.50. The van der Waals surface area contributed by atoms with Crippen LogP contribution < -0.4 is 15.4 Å². The zero-order chi connectivity index (χ0) is 26.5. The number of nitrogens with zero attached hydrogens (tertiary/aromatic N) is 4. The number of rotatable bonds is 9. The molecule has 2 unspecified atom stereocenters. The van der Waals surface area contributed by atoms with Crippen molar-refractivity contribution in [1.82, 2.24) is 25.3 Å². The highest BCUT2D eigenvalue weighted by molar-refractivity contribution is 5.75. The van der Waals surface area contributed by atoms with Crippen molar-refractivity contribution < 1.29 is 23.9 Å². The first kappa shape index (κ1) is 26.4. The van der Waals surface area contributed by atoms with Crippen molar-refractivity contribution in [1.29, 1.82) is 0 Å². The van der Waals surface area contributed by atoms with Crippen molar-refractivity contribution >= 4 is 11.9 Å². The number of likely N-dealkylation sites (tertiary alicyclic amines) is 1. The fraction of sp³-hybridized carbons (Fsp3) is 0.462. The van der Waals surface area contributed by atoms with Crippen LogP contribution in [0.2, 0.25) is 0 Å². The highest BCUT2D eigenvalue weighted by Crippen LogP contribution is 2.34. The molecule has 37 heavy (non-hydrogen) atoms. The zero-order valence-corrected chi connectivity index (χ0v) is 21.9. The number of aliphatic hydroxyl groups is 1. The number of carbonyl (C=O) groups excluding carboxylic acids is 1. The highest BCUT2D eigenvalue weighted by atomic mass is 16.5. The van der Waals surface area contributed by atoms with Gasteiger partial charge >= 0.3 is 6.09 Å². The Balaban J connectivity index is 1.69. The third-order valence-electron chi connectivity index (χ3n) is 6.35. The van der Waals surface area contributed by atoms with Crippen molar-refractivity contribution in [3.05, 3.63) is 41.3 Å². The number of aryl methyl sites for hydroxylation is 2. The second-order valence-corrected chi connectivity index (χ2v) is 9.16. The second-order valence-electron chi connectivity index (χ2n) is 9.16. The fourth-order valence-corrected chi connectivity index (χ4v) is 4.43. The lowest BCUT2D eigenvalue weighted by Crippen LogP contribution is -2.31. The smallest absolute Gasteiger partial charge is 0.409 e. The minimum Gasteiger partial charge on any atom is -0.491 e. The van der Waals surface area contributed by atoms with E-state index in [0.717, 1.165) is 34.5 Å². The molecule has 1 saturated heterocycles. The largest absolute Gasteiger partial charge is 0.491 e. The van der Waals surface area contributed by atoms with Gasteiger partial charge in [-0.15, -0.1) is 0 Å². The van der Waals surface area contributed by atoms with Crippen LogP contribution in [0.1, 0.15) is 23.4 Å². The first-order valence-electron chi connectivity index (χ1n) is 12.3. The summed E-state index contributed by atoms with van der Waals surface area (Å²) >= 11 is 0. The van der Waals surface area contributed by atoms with Gasteiger partial charge in [-0.2, -0.15) is 0 Å². The minimum atomic E-state index is -0.623. The van der Waals surface area contributed by atoms with E-state index >= 15 is 0 Å². The maximum atomic E-state index is 12.0. The summed E-state index contributed by atoms with van der Waals surface area (Å²) in [7, 11) is 3.17. The van der Waals surface area contributed by atoms with Crippen molar-refractivity contribution in [3.63, 3.8) is 0 Å². The molecule has 0 saturated carbocycles. The van der Waals surface area contributed by atoms with E-state index in [1.165, 1.54) is 7.11 Å². The molecule has 2 atom stereocenters. The van der Waals surface area contributed by atoms with E-state index in [1.807, 2.05) is 45.0 Å². The number of hydrogen-bond donors (Lipinski definition) is 3. The third kappa shape index (κ3) is 6.00. The molecule has 4 rings (SSSR count). The first-order valence-corrected chi connectivity index (χ1v) is 12.3. The topological polar surface area (TPSA) is 135 Å². The Labute approximate surface area is 216 Å². The zero-order valence-electron chi connectivity index (χ0n) is 21.9. The fourth-order valence-electron chi connectivity index (χ4n) is 4.43. The quantitative estimate of drug-likeness (QED) is 0.394. The molecule has 0 bridgehead atoms. The van der Waals surface area contributed by atoms with Crippen LogP contribution >= 0.6 is 0 Å². The summed E-state index contributed by atoms with van der Waals surface area (Å²) in [6.07, 6.45) is -0.188. The van der Waals surface area contributed by atoms with E-state index in [1.54, 1.807) is 11.9 Å². The van der Waals surface area contributed by atoms with E-state index < -0.39 is 6.10 Å². The number of methoxy groups -OCH3 is 1. The molecule has 3 heterocycles. The number of likely N-dealkylation sites (N-methyl/N-ethyl adjacent to an activating group) is 1. The Hall–Kier alpha value is -3.70. The maximum Gasteiger partial charge on any atom is 0.409 e. The Bertz CT molecular complexity index is 1230. The molecule has 2 aromatic heterocycles. The third-order valence-corrected chi connectivity index (χ3v) is 6.35. The Morgan fingerprint density at radius 1 is 1.30 bits per heavy atom. The molecule has 1 aliphatic rings. The van der Waals surface area contributed by atoms with Gasteiger partial charge in [-0.1, -0.05) is 17.3 Å². The van der Waals surface area contributed by atoms with Crippen LogP contribution in [-0.4, -0.2) is 83.8 Å². The highest BCUT2D eigenvalue weighted by Gasteiger charge is 2.28. The molecule has 11 nitrogen and oxygen atoms in total. The van der Waals surface area contributed by atoms with Crippen molar-refractivity contribution in [2.45, 2.75) is 39.3 Å². The molecular formula is C26H34N6O5. The van der Waals surface area contributed by atoms with Gasteiger partial charge < -0.3 is 34.6 Å². The van der Waals surface area contributed by atoms with Crippen LogP contribution in [0, 0.1) is 20.8 Å². The number of hydrogen-bond acceptors (Lipinski definition) is 10. The molecule has 1 aliphatic heterocycles. The Kier molecular flexibility index (Phi) is 8.24. The molecule has 0 aliphatic carbocycles. The summed E-state index contributed by atoms with van der Waals surface area (Å²) < 4.78 is 16.1. The van der Waals surface area contributed by atoms with Crippen LogP contribution in [-0.2, 0) is 4.74 Å². The van der Waals surface area contributed by atoms with Gasteiger partial charge in [0.25, 0.3) is 0 Å². The lowest BCUT2D eigenvalue weighted by molar-refractivity contribution is 0.108.